The third kappa shape index (κ3) is 7.55. The minimum absolute atomic E-state index is 0.0931. The Morgan fingerprint density at radius 1 is 1.35 bits per heavy atom. The lowest BCUT2D eigenvalue weighted by Gasteiger charge is -2.20. The average Bonchev–Trinajstić information content (AvgIpc) is 2.72. The molecule has 0 saturated carbocycles. The normalized spacial score (nSPS) is 15.5. The number of carboxylic acid groups (broad SMARTS) is 1. The van der Waals surface area contributed by atoms with E-state index >= 15 is 0 Å². The Balaban J connectivity index is 0.000000557. The Hall–Kier alpha value is -1.32. The number of hydroxylamine groups is 4. The fourth-order valence-electron chi connectivity index (χ4n) is 0.858. The van der Waals surface area contributed by atoms with Crippen molar-refractivity contribution in [1.82, 2.24) is 0 Å². The first-order chi connectivity index (χ1) is 8.06. The van der Waals surface area contributed by atoms with Crippen molar-refractivity contribution in [3.8, 4) is 0 Å². The van der Waals surface area contributed by atoms with E-state index in [4.69, 9.17) is 29.8 Å². The highest BCUT2D eigenvalue weighted by atomic mass is 17.0. The summed E-state index contributed by atoms with van der Waals surface area (Å²) in [5.41, 5.74) is 0. The van der Waals surface area contributed by atoms with Crippen molar-refractivity contribution >= 4 is 12.3 Å². The van der Waals surface area contributed by atoms with Gasteiger partial charge in [0.2, 0.25) is 0 Å². The minimum atomic E-state index is -1.08. The zero-order valence-corrected chi connectivity index (χ0v) is 9.48. The Kier molecular flexibility index (Phi) is 8.11. The number of rotatable bonds is 6. The second-order valence-electron chi connectivity index (χ2n) is 2.81. The number of aliphatic carboxylic acids is 1. The van der Waals surface area contributed by atoms with Gasteiger partial charge in [0.15, 0.2) is 6.20 Å². The molecule has 0 bridgehead atoms. The molecule has 0 saturated heterocycles. The van der Waals surface area contributed by atoms with E-state index in [0.29, 0.717) is 0 Å². The molecule has 1 aliphatic rings. The van der Waals surface area contributed by atoms with Crippen molar-refractivity contribution < 1.29 is 34.6 Å². The van der Waals surface area contributed by atoms with Gasteiger partial charge < -0.3 is 20.1 Å². The molecular weight excluding hydrogens is 232 g/mol. The fourth-order valence-corrected chi connectivity index (χ4v) is 0.858. The lowest BCUT2D eigenvalue weighted by Crippen LogP contribution is -2.41. The molecule has 0 aliphatic carbocycles. The van der Waals surface area contributed by atoms with Crippen LogP contribution in [0.3, 0.4) is 0 Å². The van der Waals surface area contributed by atoms with Crippen molar-refractivity contribution in [3.63, 3.8) is 0 Å². The molecule has 1 rings (SSSR count). The highest BCUT2D eigenvalue weighted by molar-refractivity contribution is 5.60. The molecule has 0 aromatic carbocycles. The third-order valence-corrected chi connectivity index (χ3v) is 1.36. The molecule has 2 N–H and O–H groups in total. The summed E-state index contributed by atoms with van der Waals surface area (Å²) in [6.45, 7) is 1.07. The summed E-state index contributed by atoms with van der Waals surface area (Å²) in [4.78, 5) is 22.7. The smallest absolute Gasteiger partial charge is 0.262 e. The van der Waals surface area contributed by atoms with E-state index in [9.17, 15) is 0 Å². The number of aliphatic hydroxyl groups is 2. The summed E-state index contributed by atoms with van der Waals surface area (Å²) in [7, 11) is 0. The molecule has 17 heavy (non-hydrogen) atoms. The van der Waals surface area contributed by atoms with Crippen LogP contribution in [0.15, 0.2) is 17.4 Å². The molecule has 0 unspecified atom stereocenters. The first kappa shape index (κ1) is 15.7. The summed E-state index contributed by atoms with van der Waals surface area (Å²) < 4.78 is 0. The van der Waals surface area contributed by atoms with Gasteiger partial charge in [-0.25, -0.2) is 4.99 Å². The van der Waals surface area contributed by atoms with Gasteiger partial charge in [-0.1, -0.05) is 0 Å². The highest BCUT2D eigenvalue weighted by Gasteiger charge is 2.30. The summed E-state index contributed by atoms with van der Waals surface area (Å²) in [5.74, 6) is -1.08. The van der Waals surface area contributed by atoms with E-state index in [1.807, 2.05) is 0 Å². The predicted octanol–water partition coefficient (Wildman–Crippen LogP) is -2.08. The van der Waals surface area contributed by atoms with Crippen LogP contribution in [0.2, 0.25) is 0 Å². The molecule has 0 radical (unpaired) electrons. The van der Waals surface area contributed by atoms with Crippen LogP contribution in [0.25, 0.3) is 0 Å². The summed E-state index contributed by atoms with van der Waals surface area (Å²) in [6.07, 6.45) is 4.51. The second-order valence-corrected chi connectivity index (χ2v) is 2.81. The lowest BCUT2D eigenvalue weighted by atomic mass is 10.8. The number of carboxylic acids is 1. The summed E-state index contributed by atoms with van der Waals surface area (Å²) in [5, 5.41) is 26.0. The number of nitrogens with zero attached hydrogens (tertiary/aromatic N) is 2. The molecule has 0 amide bonds. The maximum Gasteiger partial charge on any atom is 0.262 e. The van der Waals surface area contributed by atoms with E-state index in [-0.39, 0.29) is 31.2 Å². The van der Waals surface area contributed by atoms with Crippen LogP contribution < -0.4 is 5.11 Å². The number of hydrogen-bond acceptors (Lipinski definition) is 7. The van der Waals surface area contributed by atoms with E-state index in [1.54, 1.807) is 6.20 Å². The van der Waals surface area contributed by atoms with Gasteiger partial charge in [0.25, 0.3) is 6.34 Å². The average molecular weight is 248 g/mol. The highest BCUT2D eigenvalue weighted by Crippen LogP contribution is 2.12. The number of carbonyl (C=O) groups is 1. The number of carbonyl (C=O) groups excluding carboxylic acids is 1. The van der Waals surface area contributed by atoms with Gasteiger partial charge in [-0.05, 0) is 6.92 Å². The summed E-state index contributed by atoms with van der Waals surface area (Å²) in [6, 6.07) is 0. The van der Waals surface area contributed by atoms with E-state index in [2.05, 4.69) is 4.99 Å². The fraction of sp³-hybridized carbons (Fsp3) is 0.556. The van der Waals surface area contributed by atoms with Crippen molar-refractivity contribution in [2.24, 2.45) is 4.99 Å². The molecule has 0 atom stereocenters. The molecule has 8 heteroatoms. The van der Waals surface area contributed by atoms with Crippen LogP contribution in [0, 0.1) is 0 Å². The first-order valence-electron chi connectivity index (χ1n) is 4.85. The zero-order chi connectivity index (χ0) is 13.1. The van der Waals surface area contributed by atoms with Crippen LogP contribution >= 0.6 is 0 Å². The molecule has 0 aromatic heterocycles. The SMILES string of the molecule is CC(=O)[O-].OCCO[N+]1(OCCO)C=CN=C1. The van der Waals surface area contributed by atoms with Crippen LogP contribution in [-0.4, -0.2) is 53.8 Å². The van der Waals surface area contributed by atoms with Crippen LogP contribution in [0.1, 0.15) is 6.92 Å². The van der Waals surface area contributed by atoms with Crippen LogP contribution in [0.5, 0.6) is 0 Å². The molecule has 1 aliphatic heterocycles. The molecule has 0 fully saturated rings. The lowest BCUT2D eigenvalue weighted by molar-refractivity contribution is -1.15. The van der Waals surface area contributed by atoms with Gasteiger partial charge in [0.05, 0.1) is 19.4 Å². The Morgan fingerprint density at radius 2 is 1.82 bits per heavy atom. The van der Waals surface area contributed by atoms with Crippen LogP contribution in [-0.2, 0) is 14.5 Å². The van der Waals surface area contributed by atoms with Crippen LogP contribution in [0.4, 0.5) is 0 Å². The van der Waals surface area contributed by atoms with Gasteiger partial charge >= 0.3 is 0 Å². The van der Waals surface area contributed by atoms with Gasteiger partial charge in [-0.2, -0.15) is 9.68 Å². The van der Waals surface area contributed by atoms with Gasteiger partial charge in [-0.15, -0.1) is 0 Å². The maximum absolute atomic E-state index is 8.89. The largest absolute Gasteiger partial charge is 0.550 e. The van der Waals surface area contributed by atoms with E-state index in [1.165, 1.54) is 12.5 Å². The van der Waals surface area contributed by atoms with Crippen molar-refractivity contribution in [2.45, 2.75) is 6.92 Å². The second kappa shape index (κ2) is 8.79. The minimum Gasteiger partial charge on any atom is -0.550 e. The number of aliphatic hydroxyl groups excluding tert-OH is 2. The number of quaternary nitrogens is 1. The van der Waals surface area contributed by atoms with Crippen molar-refractivity contribution in [3.05, 3.63) is 12.4 Å². The van der Waals surface area contributed by atoms with Crippen molar-refractivity contribution in [1.29, 1.82) is 0 Å². The molecule has 98 valence electrons. The molecule has 8 nitrogen and oxygen atoms in total. The van der Waals surface area contributed by atoms with Crippen molar-refractivity contribution in [2.75, 3.05) is 26.4 Å². The topological polar surface area (TPSA) is 111 Å². The standard InChI is InChI=1S/C7H13N2O4.C2H4O2/c10-3-5-12-9(13-6-4-11)2-1-8-7-9;1-2(3)4/h1-2,7,10-11H,3-6H2;1H3,(H,3,4)/q+1;/p-1. The van der Waals surface area contributed by atoms with Gasteiger partial charge in [-0.3, -0.25) is 0 Å². The van der Waals surface area contributed by atoms with Gasteiger partial charge in [0.1, 0.15) is 13.2 Å². The number of hydrogen-bond donors (Lipinski definition) is 2. The van der Waals surface area contributed by atoms with Gasteiger partial charge in [0, 0.05) is 10.8 Å². The Morgan fingerprint density at radius 3 is 2.12 bits per heavy atom. The predicted molar refractivity (Wildman–Crippen MR) is 54.6 cm³/mol. The Bertz CT molecular complexity index is 253. The first-order valence-corrected chi connectivity index (χ1v) is 4.85. The molecule has 1 heterocycles. The zero-order valence-electron chi connectivity index (χ0n) is 9.48. The molecule has 0 aromatic rings. The monoisotopic (exact) mass is 248 g/mol. The molecule has 0 spiro atoms. The third-order valence-electron chi connectivity index (χ3n) is 1.36. The van der Waals surface area contributed by atoms with E-state index in [0.717, 1.165) is 6.92 Å². The number of aliphatic imine (C=N–C) groups is 1. The molecular formula is C9H16N2O6. The summed E-state index contributed by atoms with van der Waals surface area (Å²) >= 11 is 0. The maximum atomic E-state index is 8.89. The quantitative estimate of drug-likeness (QED) is 0.522. The van der Waals surface area contributed by atoms with E-state index < -0.39 is 5.97 Å². The Labute approximate surface area is 98.5 Å².